The maximum atomic E-state index is 11.9. The fourth-order valence-electron chi connectivity index (χ4n) is 2.37. The number of carbonyl (C=O) groups excluding carboxylic acids is 1. The first-order chi connectivity index (χ1) is 8.69. The summed E-state index contributed by atoms with van der Waals surface area (Å²) < 4.78 is 0. The molecule has 2 rings (SSSR count). The number of benzene rings is 1. The van der Waals surface area contributed by atoms with Crippen molar-refractivity contribution in [3.63, 3.8) is 0 Å². The van der Waals surface area contributed by atoms with Gasteiger partial charge in [0.1, 0.15) is 0 Å². The van der Waals surface area contributed by atoms with Crippen LogP contribution in [0.1, 0.15) is 37.7 Å². The Morgan fingerprint density at radius 2 is 2.17 bits per heavy atom. The quantitative estimate of drug-likeness (QED) is 0.902. The lowest BCUT2D eigenvalue weighted by atomic mass is 10.0. The van der Waals surface area contributed by atoms with E-state index in [0.29, 0.717) is 28.6 Å². The molecule has 3 nitrogen and oxygen atoms in total. The van der Waals surface area contributed by atoms with Crippen LogP contribution in [-0.2, 0) is 4.79 Å². The van der Waals surface area contributed by atoms with Crippen LogP contribution in [0.3, 0.4) is 0 Å². The molecule has 0 saturated heterocycles. The number of halogens is 1. The number of amides is 1. The highest BCUT2D eigenvalue weighted by molar-refractivity contribution is 6.33. The van der Waals surface area contributed by atoms with Crippen molar-refractivity contribution in [2.75, 3.05) is 5.32 Å². The molecule has 0 bridgehead atoms. The molecular formula is C14H15ClN2O. The van der Waals surface area contributed by atoms with E-state index in [2.05, 4.69) is 5.32 Å². The number of anilines is 1. The van der Waals surface area contributed by atoms with E-state index in [0.717, 1.165) is 12.8 Å². The summed E-state index contributed by atoms with van der Waals surface area (Å²) in [6, 6.07) is 6.90. The minimum atomic E-state index is -0.0149. The van der Waals surface area contributed by atoms with E-state index in [-0.39, 0.29) is 5.91 Å². The molecule has 1 fully saturated rings. The van der Waals surface area contributed by atoms with E-state index in [1.165, 1.54) is 12.8 Å². The first-order valence-corrected chi connectivity index (χ1v) is 6.56. The van der Waals surface area contributed by atoms with Gasteiger partial charge in [0.25, 0.3) is 0 Å². The van der Waals surface area contributed by atoms with E-state index in [4.69, 9.17) is 16.9 Å². The molecule has 0 radical (unpaired) electrons. The topological polar surface area (TPSA) is 52.9 Å². The molecule has 0 unspecified atom stereocenters. The van der Waals surface area contributed by atoms with Gasteiger partial charge in [-0.15, -0.1) is 0 Å². The summed E-state index contributed by atoms with van der Waals surface area (Å²) in [6.07, 6.45) is 5.27. The molecule has 18 heavy (non-hydrogen) atoms. The predicted octanol–water partition coefficient (Wildman–Crippen LogP) is 3.73. The third-order valence-corrected chi connectivity index (χ3v) is 3.65. The van der Waals surface area contributed by atoms with Gasteiger partial charge in [-0.3, -0.25) is 4.79 Å². The summed E-state index contributed by atoms with van der Waals surface area (Å²) in [5, 5.41) is 12.1. The Hall–Kier alpha value is -1.53. The average molecular weight is 263 g/mol. The maximum absolute atomic E-state index is 11.9. The monoisotopic (exact) mass is 262 g/mol. The summed E-state index contributed by atoms with van der Waals surface area (Å²) in [7, 11) is 0. The van der Waals surface area contributed by atoms with E-state index in [9.17, 15) is 4.79 Å². The molecule has 1 aliphatic carbocycles. The molecule has 0 heterocycles. The number of nitriles is 1. The molecule has 1 aliphatic rings. The van der Waals surface area contributed by atoms with Crippen molar-refractivity contribution in [2.45, 2.75) is 32.1 Å². The SMILES string of the molecule is N#Cc1ccc(Cl)c(NC(=O)CC2CCCC2)c1. The Balaban J connectivity index is 1.99. The molecule has 1 amide bonds. The zero-order valence-electron chi connectivity index (χ0n) is 10.1. The molecule has 0 aromatic heterocycles. The second-order valence-corrected chi connectivity index (χ2v) is 5.12. The smallest absolute Gasteiger partial charge is 0.224 e. The third kappa shape index (κ3) is 3.24. The molecule has 0 atom stereocenters. The summed E-state index contributed by atoms with van der Waals surface area (Å²) in [4.78, 5) is 11.9. The Bertz CT molecular complexity index is 487. The average Bonchev–Trinajstić information content (AvgIpc) is 2.84. The lowest BCUT2D eigenvalue weighted by Gasteiger charge is -2.10. The first kappa shape index (κ1) is 12.9. The minimum Gasteiger partial charge on any atom is -0.325 e. The van der Waals surface area contributed by atoms with Crippen LogP contribution in [0.2, 0.25) is 5.02 Å². The number of nitrogens with one attached hydrogen (secondary N) is 1. The second-order valence-electron chi connectivity index (χ2n) is 4.71. The van der Waals surface area contributed by atoms with Crippen molar-refractivity contribution in [3.05, 3.63) is 28.8 Å². The molecule has 0 spiro atoms. The van der Waals surface area contributed by atoms with Gasteiger partial charge in [0, 0.05) is 6.42 Å². The fourth-order valence-corrected chi connectivity index (χ4v) is 2.53. The number of carbonyl (C=O) groups is 1. The highest BCUT2D eigenvalue weighted by atomic mass is 35.5. The molecule has 1 aromatic rings. The Morgan fingerprint density at radius 3 is 2.83 bits per heavy atom. The van der Waals surface area contributed by atoms with Gasteiger partial charge < -0.3 is 5.32 Å². The minimum absolute atomic E-state index is 0.0149. The normalized spacial score (nSPS) is 15.3. The van der Waals surface area contributed by atoms with Gasteiger partial charge >= 0.3 is 0 Å². The van der Waals surface area contributed by atoms with E-state index in [1.54, 1.807) is 18.2 Å². The van der Waals surface area contributed by atoms with E-state index in [1.807, 2.05) is 6.07 Å². The molecule has 0 aliphatic heterocycles. The third-order valence-electron chi connectivity index (χ3n) is 3.32. The van der Waals surface area contributed by atoms with Crippen molar-refractivity contribution in [2.24, 2.45) is 5.92 Å². The van der Waals surface area contributed by atoms with E-state index >= 15 is 0 Å². The molecule has 94 valence electrons. The van der Waals surface area contributed by atoms with Crippen LogP contribution >= 0.6 is 11.6 Å². The van der Waals surface area contributed by atoms with Crippen molar-refractivity contribution in [3.8, 4) is 6.07 Å². The zero-order chi connectivity index (χ0) is 13.0. The number of hydrogen-bond donors (Lipinski definition) is 1. The highest BCUT2D eigenvalue weighted by Crippen LogP contribution is 2.28. The molecule has 4 heteroatoms. The number of hydrogen-bond acceptors (Lipinski definition) is 2. The highest BCUT2D eigenvalue weighted by Gasteiger charge is 2.18. The van der Waals surface area contributed by atoms with Gasteiger partial charge in [-0.05, 0) is 37.0 Å². The summed E-state index contributed by atoms with van der Waals surface area (Å²) >= 11 is 5.99. The Kier molecular flexibility index (Phi) is 4.22. The van der Waals surface area contributed by atoms with Gasteiger partial charge in [0.15, 0.2) is 0 Å². The van der Waals surface area contributed by atoms with Gasteiger partial charge in [-0.25, -0.2) is 0 Å². The molecule has 1 saturated carbocycles. The molecule has 1 N–H and O–H groups in total. The fraction of sp³-hybridized carbons (Fsp3) is 0.429. The van der Waals surface area contributed by atoms with Crippen LogP contribution in [0.5, 0.6) is 0 Å². The second kappa shape index (κ2) is 5.88. The molecule has 1 aromatic carbocycles. The number of rotatable bonds is 3. The van der Waals surface area contributed by atoms with Gasteiger partial charge in [-0.2, -0.15) is 5.26 Å². The van der Waals surface area contributed by atoms with E-state index < -0.39 is 0 Å². The maximum Gasteiger partial charge on any atom is 0.224 e. The Labute approximate surface area is 112 Å². The first-order valence-electron chi connectivity index (χ1n) is 6.18. The lowest BCUT2D eigenvalue weighted by Crippen LogP contribution is -2.15. The summed E-state index contributed by atoms with van der Waals surface area (Å²) in [5.74, 6) is 0.488. The van der Waals surface area contributed by atoms with Crippen LogP contribution < -0.4 is 5.32 Å². The van der Waals surface area contributed by atoms with Crippen molar-refractivity contribution < 1.29 is 4.79 Å². The van der Waals surface area contributed by atoms with Gasteiger partial charge in [0.05, 0.1) is 22.3 Å². The van der Waals surface area contributed by atoms with Gasteiger partial charge in [0.2, 0.25) is 5.91 Å². The number of nitrogens with zero attached hydrogens (tertiary/aromatic N) is 1. The van der Waals surface area contributed by atoms with Crippen LogP contribution in [0.25, 0.3) is 0 Å². The van der Waals surface area contributed by atoms with Crippen molar-refractivity contribution >= 4 is 23.2 Å². The standard InChI is InChI=1S/C14H15ClN2O/c15-12-6-5-11(9-16)7-13(12)17-14(18)8-10-3-1-2-4-10/h5-7,10H,1-4,8H2,(H,17,18). The Morgan fingerprint density at radius 1 is 1.44 bits per heavy atom. The largest absolute Gasteiger partial charge is 0.325 e. The van der Waals surface area contributed by atoms with Crippen LogP contribution in [-0.4, -0.2) is 5.91 Å². The summed E-state index contributed by atoms with van der Waals surface area (Å²) in [5.41, 5.74) is 1.02. The predicted molar refractivity (Wildman–Crippen MR) is 71.4 cm³/mol. The van der Waals surface area contributed by atoms with Crippen LogP contribution in [0.4, 0.5) is 5.69 Å². The zero-order valence-corrected chi connectivity index (χ0v) is 10.8. The van der Waals surface area contributed by atoms with Crippen molar-refractivity contribution in [1.29, 1.82) is 5.26 Å². The van der Waals surface area contributed by atoms with Crippen LogP contribution in [0, 0.1) is 17.2 Å². The summed E-state index contributed by atoms with van der Waals surface area (Å²) in [6.45, 7) is 0. The lowest BCUT2D eigenvalue weighted by molar-refractivity contribution is -0.117. The van der Waals surface area contributed by atoms with Gasteiger partial charge in [-0.1, -0.05) is 24.4 Å². The van der Waals surface area contributed by atoms with Crippen molar-refractivity contribution in [1.82, 2.24) is 0 Å². The molecular weight excluding hydrogens is 248 g/mol. The van der Waals surface area contributed by atoms with Crippen LogP contribution in [0.15, 0.2) is 18.2 Å².